The second-order valence-electron chi connectivity index (χ2n) is 16.3. The van der Waals surface area contributed by atoms with E-state index in [2.05, 4.69) is 62.3 Å². The van der Waals surface area contributed by atoms with Gasteiger partial charge >= 0.3 is 0 Å². The summed E-state index contributed by atoms with van der Waals surface area (Å²) in [5, 5.41) is 0. The molecule has 40 heavy (non-hydrogen) atoms. The van der Waals surface area contributed by atoms with E-state index in [-0.39, 0.29) is 0 Å². The van der Waals surface area contributed by atoms with Crippen molar-refractivity contribution < 1.29 is 0 Å². The van der Waals surface area contributed by atoms with E-state index in [9.17, 15) is 0 Å². The summed E-state index contributed by atoms with van der Waals surface area (Å²) in [6, 6.07) is 0. The molecule has 9 unspecified atom stereocenters. The Morgan fingerprint density at radius 1 is 0.625 bits per heavy atom. The molecule has 0 aromatic carbocycles. The molecule has 0 N–H and O–H groups in total. The first-order valence-corrected chi connectivity index (χ1v) is 19.2. The summed E-state index contributed by atoms with van der Waals surface area (Å²) >= 11 is 0. The Morgan fingerprint density at radius 3 is 1.85 bits per heavy atom. The van der Waals surface area contributed by atoms with E-state index in [1.165, 1.54) is 109 Å². The molecule has 2 aliphatic carbocycles. The zero-order valence-electron chi connectivity index (χ0n) is 29.5. The fraction of sp³-hybridized carbons (Fsp3) is 1.00. The summed E-state index contributed by atoms with van der Waals surface area (Å²) in [6.45, 7) is 22.5. The lowest BCUT2D eigenvalue weighted by Gasteiger charge is -2.40. The molecule has 0 nitrogen and oxygen atoms in total. The first-order chi connectivity index (χ1) is 19.2. The van der Waals surface area contributed by atoms with Crippen molar-refractivity contribution >= 4 is 0 Å². The lowest BCUT2D eigenvalue weighted by Crippen LogP contribution is -2.30. The molecular formula is C40H78. The van der Waals surface area contributed by atoms with Crippen LogP contribution < -0.4 is 0 Å². The maximum absolute atomic E-state index is 2.61. The van der Waals surface area contributed by atoms with Crippen molar-refractivity contribution in [3.8, 4) is 0 Å². The molecule has 0 amide bonds. The smallest absolute Gasteiger partial charge is 0.0323 e. The standard InChI is InChI=1S/C40H78/c1-10-14-15-16-17-18-19-22-31(5)39(13-4)40(8,9)28-20-23-35-24-25-36(35)26-27-37-30-38(37)33(7)29-32(6)34(12-3)21-11-2/h31-39H,10-30H2,1-9H3. The molecule has 0 bridgehead atoms. The van der Waals surface area contributed by atoms with Crippen molar-refractivity contribution in [3.05, 3.63) is 0 Å². The van der Waals surface area contributed by atoms with Gasteiger partial charge in [0.2, 0.25) is 0 Å². The number of hydrogen-bond donors (Lipinski definition) is 0. The van der Waals surface area contributed by atoms with E-state index in [4.69, 9.17) is 0 Å². The summed E-state index contributed by atoms with van der Waals surface area (Å²) in [4.78, 5) is 0. The highest BCUT2D eigenvalue weighted by molar-refractivity contribution is 4.92. The van der Waals surface area contributed by atoms with Gasteiger partial charge in [-0.15, -0.1) is 0 Å². The molecule has 0 aromatic rings. The predicted octanol–water partition coefficient (Wildman–Crippen LogP) is 13.9. The largest absolute Gasteiger partial charge is 0.0654 e. The van der Waals surface area contributed by atoms with Crippen LogP contribution in [0.25, 0.3) is 0 Å². The topological polar surface area (TPSA) is 0 Å². The summed E-state index contributed by atoms with van der Waals surface area (Å²) in [5.41, 5.74) is 0.511. The minimum atomic E-state index is 0.511. The van der Waals surface area contributed by atoms with Crippen LogP contribution in [-0.4, -0.2) is 0 Å². The maximum atomic E-state index is 2.61. The first kappa shape index (κ1) is 36.2. The second kappa shape index (κ2) is 19.3. The molecule has 238 valence electrons. The number of unbranched alkanes of at least 4 members (excludes halogenated alkanes) is 6. The molecule has 2 rings (SSSR count). The van der Waals surface area contributed by atoms with Gasteiger partial charge in [-0.2, -0.15) is 0 Å². The van der Waals surface area contributed by atoms with Crippen LogP contribution >= 0.6 is 0 Å². The van der Waals surface area contributed by atoms with Crippen LogP contribution in [0.4, 0.5) is 0 Å². The van der Waals surface area contributed by atoms with Crippen molar-refractivity contribution in [2.75, 3.05) is 0 Å². The monoisotopic (exact) mass is 559 g/mol. The molecule has 0 aromatic heterocycles. The van der Waals surface area contributed by atoms with Crippen molar-refractivity contribution in [1.29, 1.82) is 0 Å². The number of hydrogen-bond acceptors (Lipinski definition) is 0. The average Bonchev–Trinajstić information content (AvgIpc) is 3.68. The zero-order valence-corrected chi connectivity index (χ0v) is 29.5. The Hall–Kier alpha value is 0. The van der Waals surface area contributed by atoms with Gasteiger partial charge in [-0.25, -0.2) is 0 Å². The molecule has 0 aliphatic heterocycles. The Balaban J connectivity index is 1.62. The molecule has 0 heteroatoms. The second-order valence-corrected chi connectivity index (χ2v) is 16.3. The molecule has 0 spiro atoms. The highest BCUT2D eigenvalue weighted by atomic mass is 14.5. The minimum Gasteiger partial charge on any atom is -0.0654 e. The van der Waals surface area contributed by atoms with E-state index >= 15 is 0 Å². The van der Waals surface area contributed by atoms with E-state index in [1.807, 2.05) is 0 Å². The third kappa shape index (κ3) is 12.3. The van der Waals surface area contributed by atoms with Crippen LogP contribution in [0.2, 0.25) is 0 Å². The van der Waals surface area contributed by atoms with Gasteiger partial charge in [0.15, 0.2) is 0 Å². The third-order valence-electron chi connectivity index (χ3n) is 12.7. The molecule has 2 fully saturated rings. The predicted molar refractivity (Wildman–Crippen MR) is 182 cm³/mol. The van der Waals surface area contributed by atoms with E-state index in [1.54, 1.807) is 25.7 Å². The van der Waals surface area contributed by atoms with Crippen molar-refractivity contribution in [1.82, 2.24) is 0 Å². The first-order valence-electron chi connectivity index (χ1n) is 19.2. The highest BCUT2D eigenvalue weighted by Crippen LogP contribution is 2.52. The molecule has 0 radical (unpaired) electrons. The van der Waals surface area contributed by atoms with Crippen LogP contribution in [0.5, 0.6) is 0 Å². The summed E-state index contributed by atoms with van der Waals surface area (Å²) < 4.78 is 0. The highest BCUT2D eigenvalue weighted by Gasteiger charge is 2.42. The van der Waals surface area contributed by atoms with Crippen molar-refractivity contribution in [2.45, 2.75) is 197 Å². The van der Waals surface area contributed by atoms with Crippen LogP contribution in [0.15, 0.2) is 0 Å². The molecule has 9 atom stereocenters. The van der Waals surface area contributed by atoms with Crippen LogP contribution in [-0.2, 0) is 0 Å². The van der Waals surface area contributed by atoms with Gasteiger partial charge in [0.1, 0.15) is 0 Å². The lowest BCUT2D eigenvalue weighted by atomic mass is 9.65. The van der Waals surface area contributed by atoms with Gasteiger partial charge in [0.05, 0.1) is 0 Å². The van der Waals surface area contributed by atoms with Gasteiger partial charge in [-0.05, 0) is 104 Å². The Labute approximate surface area is 255 Å². The zero-order chi connectivity index (χ0) is 29.5. The van der Waals surface area contributed by atoms with Gasteiger partial charge in [0.25, 0.3) is 0 Å². The summed E-state index contributed by atoms with van der Waals surface area (Å²) in [6.07, 6.45) is 30.8. The quantitative estimate of drug-likeness (QED) is 0.0977. The third-order valence-corrected chi connectivity index (χ3v) is 12.7. The van der Waals surface area contributed by atoms with Crippen LogP contribution in [0.3, 0.4) is 0 Å². The Bertz CT molecular complexity index is 618. The van der Waals surface area contributed by atoms with Gasteiger partial charge in [-0.3, -0.25) is 0 Å². The Kier molecular flexibility index (Phi) is 17.5. The summed E-state index contributed by atoms with van der Waals surface area (Å²) in [7, 11) is 0. The van der Waals surface area contributed by atoms with Crippen molar-refractivity contribution in [3.63, 3.8) is 0 Å². The summed E-state index contributed by atoms with van der Waals surface area (Å²) in [5.74, 6) is 8.93. The molecule has 0 saturated heterocycles. The molecule has 2 saturated carbocycles. The Morgan fingerprint density at radius 2 is 1.25 bits per heavy atom. The van der Waals surface area contributed by atoms with Crippen LogP contribution in [0.1, 0.15) is 197 Å². The normalized spacial score (nSPS) is 26.6. The van der Waals surface area contributed by atoms with E-state index < -0.39 is 0 Å². The lowest BCUT2D eigenvalue weighted by molar-refractivity contribution is 0.101. The average molecular weight is 559 g/mol. The van der Waals surface area contributed by atoms with E-state index in [0.717, 1.165) is 53.3 Å². The molecule has 0 heterocycles. The maximum Gasteiger partial charge on any atom is -0.0323 e. The minimum absolute atomic E-state index is 0.511. The van der Waals surface area contributed by atoms with Crippen molar-refractivity contribution in [2.24, 2.45) is 58.7 Å². The van der Waals surface area contributed by atoms with Gasteiger partial charge in [0, 0.05) is 0 Å². The molecule has 2 aliphatic rings. The molecular weight excluding hydrogens is 480 g/mol. The van der Waals surface area contributed by atoms with Gasteiger partial charge < -0.3 is 0 Å². The van der Waals surface area contributed by atoms with Crippen LogP contribution in [0, 0.1) is 58.7 Å². The van der Waals surface area contributed by atoms with Gasteiger partial charge in [-0.1, -0.05) is 152 Å². The SMILES string of the molecule is CCCCCCCCCC(C)C(CC)C(C)(C)CCCC1CCC1CCC1CC1C(C)CC(C)C(CC)CCC. The fourth-order valence-corrected chi connectivity index (χ4v) is 9.70. The fourth-order valence-electron chi connectivity index (χ4n) is 9.70. The van der Waals surface area contributed by atoms with E-state index in [0.29, 0.717) is 5.41 Å². The number of rotatable bonds is 25.